The largest absolute Gasteiger partial charge is 0.341 e. The van der Waals surface area contributed by atoms with Gasteiger partial charge in [-0.05, 0) is 36.4 Å². The Bertz CT molecular complexity index is 1130. The van der Waals surface area contributed by atoms with Crippen LogP contribution in [0.2, 0.25) is 5.02 Å². The topological polar surface area (TPSA) is 74.0 Å². The fourth-order valence-corrected chi connectivity index (χ4v) is 3.82. The highest BCUT2D eigenvalue weighted by molar-refractivity contribution is 9.10. The molecular formula is C19H12BrClFN3O2. The van der Waals surface area contributed by atoms with Gasteiger partial charge in [-0.1, -0.05) is 33.6 Å². The van der Waals surface area contributed by atoms with E-state index in [1.54, 1.807) is 24.3 Å². The number of halogens is 3. The minimum absolute atomic E-state index is 0.259. The first kappa shape index (κ1) is 17.8. The number of pyridine rings is 1. The van der Waals surface area contributed by atoms with Crippen molar-refractivity contribution < 1.29 is 9.18 Å². The van der Waals surface area contributed by atoms with E-state index in [2.05, 4.69) is 31.5 Å². The molecule has 0 aliphatic carbocycles. The molecule has 8 heteroatoms. The number of aromatic amines is 1. The Hall–Kier alpha value is -2.64. The van der Waals surface area contributed by atoms with E-state index in [0.29, 0.717) is 37.7 Å². The Morgan fingerprint density at radius 3 is 2.70 bits per heavy atom. The molecule has 3 N–H and O–H groups in total. The monoisotopic (exact) mass is 447 g/mol. The smallest absolute Gasteiger partial charge is 0.252 e. The van der Waals surface area contributed by atoms with Crippen molar-refractivity contribution in [1.82, 2.24) is 10.3 Å². The van der Waals surface area contributed by atoms with Gasteiger partial charge in [-0.15, -0.1) is 0 Å². The number of aromatic nitrogens is 1. The highest BCUT2D eigenvalue weighted by Gasteiger charge is 2.34. The number of fused-ring (bicyclic) bond motifs is 1. The van der Waals surface area contributed by atoms with E-state index in [1.165, 1.54) is 24.3 Å². The molecule has 1 amide bonds. The molecule has 0 radical (unpaired) electrons. The van der Waals surface area contributed by atoms with Crippen LogP contribution in [0.1, 0.15) is 27.5 Å². The first-order valence-corrected chi connectivity index (χ1v) is 9.15. The Morgan fingerprint density at radius 2 is 1.93 bits per heavy atom. The molecule has 1 aromatic heterocycles. The number of carbonyl (C=O) groups is 1. The maximum Gasteiger partial charge on any atom is 0.252 e. The lowest BCUT2D eigenvalue weighted by Crippen LogP contribution is -2.20. The zero-order valence-corrected chi connectivity index (χ0v) is 16.0. The number of hydrogen-bond donors (Lipinski definition) is 3. The van der Waals surface area contributed by atoms with Crippen molar-refractivity contribution in [2.45, 2.75) is 6.04 Å². The molecule has 136 valence electrons. The summed E-state index contributed by atoms with van der Waals surface area (Å²) in [5, 5.41) is 6.32. The van der Waals surface area contributed by atoms with E-state index in [1.807, 2.05) is 0 Å². The van der Waals surface area contributed by atoms with Crippen LogP contribution in [0.25, 0.3) is 0 Å². The molecule has 4 rings (SSSR count). The lowest BCUT2D eigenvalue weighted by atomic mass is 9.96. The number of nitrogens with one attached hydrogen (secondary N) is 3. The average Bonchev–Trinajstić information content (AvgIpc) is 2.94. The molecule has 0 bridgehead atoms. The molecule has 0 fully saturated rings. The molecule has 5 nitrogen and oxygen atoms in total. The molecule has 0 saturated heterocycles. The van der Waals surface area contributed by atoms with Crippen molar-refractivity contribution in [2.75, 3.05) is 5.32 Å². The first-order chi connectivity index (χ1) is 12.9. The number of anilines is 2. The van der Waals surface area contributed by atoms with Crippen LogP contribution in [0.3, 0.4) is 0 Å². The highest BCUT2D eigenvalue weighted by Crippen LogP contribution is 2.41. The summed E-state index contributed by atoms with van der Waals surface area (Å²) < 4.78 is 14.5. The lowest BCUT2D eigenvalue weighted by Gasteiger charge is -2.18. The second kappa shape index (κ2) is 6.83. The van der Waals surface area contributed by atoms with Crippen molar-refractivity contribution >= 4 is 44.9 Å². The summed E-state index contributed by atoms with van der Waals surface area (Å²) in [6, 6.07) is 11.6. The molecule has 1 atom stereocenters. The molecular weight excluding hydrogens is 437 g/mol. The summed E-state index contributed by atoms with van der Waals surface area (Å²) in [5.41, 5.74) is 1.85. The molecule has 1 unspecified atom stereocenters. The Kier molecular flexibility index (Phi) is 4.49. The summed E-state index contributed by atoms with van der Waals surface area (Å²) in [6.07, 6.45) is 0. The summed E-state index contributed by atoms with van der Waals surface area (Å²) in [6.45, 7) is 0. The molecule has 2 aromatic carbocycles. The second-order valence-corrected chi connectivity index (χ2v) is 7.36. The predicted molar refractivity (Wildman–Crippen MR) is 105 cm³/mol. The van der Waals surface area contributed by atoms with Gasteiger partial charge in [0.25, 0.3) is 5.91 Å². The molecule has 0 spiro atoms. The number of rotatable bonds is 3. The number of H-pyrrole nitrogens is 1. The minimum atomic E-state index is -0.623. The average molecular weight is 449 g/mol. The third kappa shape index (κ3) is 3.36. The van der Waals surface area contributed by atoms with Gasteiger partial charge in [0.2, 0.25) is 5.56 Å². The van der Waals surface area contributed by atoms with Gasteiger partial charge in [0.1, 0.15) is 11.6 Å². The minimum Gasteiger partial charge on any atom is -0.341 e. The van der Waals surface area contributed by atoms with Crippen molar-refractivity contribution in [3.63, 3.8) is 0 Å². The van der Waals surface area contributed by atoms with Crippen LogP contribution in [0.4, 0.5) is 15.9 Å². The molecule has 0 saturated carbocycles. The van der Waals surface area contributed by atoms with Crippen LogP contribution in [0, 0.1) is 5.82 Å². The first-order valence-electron chi connectivity index (χ1n) is 7.98. The standard InChI is InChI=1S/C19H12BrClFN3O2/c20-9-6-12-17(14(7-9)23-15-2-1-3-16(26)24-15)18(25-19(12)27)11-8-10(22)4-5-13(11)21/h1-8,18H,(H,25,27)(H2,23,24,26). The number of amides is 1. The third-order valence-corrected chi connectivity index (χ3v) is 5.06. The van der Waals surface area contributed by atoms with Crippen LogP contribution in [0.5, 0.6) is 0 Å². The van der Waals surface area contributed by atoms with Crippen LogP contribution < -0.4 is 16.2 Å². The Balaban J connectivity index is 1.87. The number of hydrogen-bond acceptors (Lipinski definition) is 3. The van der Waals surface area contributed by atoms with Gasteiger partial charge >= 0.3 is 0 Å². The fourth-order valence-electron chi connectivity index (χ4n) is 3.14. The van der Waals surface area contributed by atoms with Crippen LogP contribution in [-0.4, -0.2) is 10.9 Å². The second-order valence-electron chi connectivity index (χ2n) is 6.04. The van der Waals surface area contributed by atoms with Gasteiger partial charge < -0.3 is 15.6 Å². The maximum absolute atomic E-state index is 13.8. The van der Waals surface area contributed by atoms with E-state index in [-0.39, 0.29) is 11.5 Å². The Labute approximate surface area is 166 Å². The van der Waals surface area contributed by atoms with Gasteiger partial charge in [-0.3, -0.25) is 9.59 Å². The summed E-state index contributed by atoms with van der Waals surface area (Å²) in [4.78, 5) is 26.8. The fraction of sp³-hybridized carbons (Fsp3) is 0.0526. The van der Waals surface area contributed by atoms with E-state index in [9.17, 15) is 14.0 Å². The molecule has 3 aromatic rings. The van der Waals surface area contributed by atoms with E-state index < -0.39 is 11.9 Å². The van der Waals surface area contributed by atoms with Gasteiger partial charge in [-0.25, -0.2) is 4.39 Å². The van der Waals surface area contributed by atoms with Gasteiger partial charge in [0, 0.05) is 37.9 Å². The van der Waals surface area contributed by atoms with Gasteiger partial charge in [0.15, 0.2) is 0 Å². The van der Waals surface area contributed by atoms with Gasteiger partial charge in [-0.2, -0.15) is 0 Å². The zero-order chi connectivity index (χ0) is 19.1. The summed E-state index contributed by atoms with van der Waals surface area (Å²) in [7, 11) is 0. The quantitative estimate of drug-likeness (QED) is 0.552. The van der Waals surface area contributed by atoms with Crippen LogP contribution in [0.15, 0.2) is 57.8 Å². The Morgan fingerprint density at radius 1 is 1.11 bits per heavy atom. The van der Waals surface area contributed by atoms with Crippen molar-refractivity contribution in [1.29, 1.82) is 0 Å². The van der Waals surface area contributed by atoms with Crippen molar-refractivity contribution in [3.05, 3.63) is 90.9 Å². The number of carbonyl (C=O) groups excluding carboxylic acids is 1. The van der Waals surface area contributed by atoms with Crippen LogP contribution in [-0.2, 0) is 0 Å². The maximum atomic E-state index is 13.8. The van der Waals surface area contributed by atoms with E-state index in [4.69, 9.17) is 11.6 Å². The van der Waals surface area contributed by atoms with E-state index in [0.717, 1.165) is 0 Å². The molecule has 27 heavy (non-hydrogen) atoms. The lowest BCUT2D eigenvalue weighted by molar-refractivity contribution is 0.0960. The van der Waals surface area contributed by atoms with Gasteiger partial charge in [0.05, 0.1) is 6.04 Å². The summed E-state index contributed by atoms with van der Waals surface area (Å²) in [5.74, 6) is -0.274. The third-order valence-electron chi connectivity index (χ3n) is 4.26. The zero-order valence-electron chi connectivity index (χ0n) is 13.6. The molecule has 2 heterocycles. The van der Waals surface area contributed by atoms with Crippen molar-refractivity contribution in [3.8, 4) is 0 Å². The van der Waals surface area contributed by atoms with E-state index >= 15 is 0 Å². The van der Waals surface area contributed by atoms with Crippen LogP contribution >= 0.6 is 27.5 Å². The molecule has 1 aliphatic rings. The predicted octanol–water partition coefficient (Wildman–Crippen LogP) is 4.51. The summed E-state index contributed by atoms with van der Waals surface area (Å²) >= 11 is 9.66. The molecule has 1 aliphatic heterocycles. The highest BCUT2D eigenvalue weighted by atomic mass is 79.9. The van der Waals surface area contributed by atoms with Crippen molar-refractivity contribution in [2.24, 2.45) is 0 Å². The normalized spacial score (nSPS) is 15.4. The number of benzene rings is 2. The SMILES string of the molecule is O=C1NC(c2cc(F)ccc2Cl)c2c(Nc3cccc(=O)[nH]3)cc(Br)cc21.